The third-order valence-electron chi connectivity index (χ3n) is 3.08. The van der Waals surface area contributed by atoms with Crippen molar-refractivity contribution in [1.29, 1.82) is 5.26 Å². The molecule has 0 aliphatic heterocycles. The Morgan fingerprint density at radius 3 is 2.94 bits per heavy atom. The molecule has 0 aromatic carbocycles. The molecule has 2 rings (SSSR count). The van der Waals surface area contributed by atoms with Crippen LogP contribution in [0, 0.1) is 17.2 Å². The van der Waals surface area contributed by atoms with Crippen LogP contribution in [0.5, 0.6) is 0 Å². The summed E-state index contributed by atoms with van der Waals surface area (Å²) in [5.41, 5.74) is 1.34. The van der Waals surface area contributed by atoms with Gasteiger partial charge in [0.05, 0.1) is 10.9 Å². The van der Waals surface area contributed by atoms with Crippen LogP contribution in [0.3, 0.4) is 0 Å². The van der Waals surface area contributed by atoms with Crippen LogP contribution in [0.4, 0.5) is 0 Å². The van der Waals surface area contributed by atoms with Crippen molar-refractivity contribution in [1.82, 2.24) is 0 Å². The number of carbonyl (C=O) groups excluding carboxylic acids is 1. The van der Waals surface area contributed by atoms with Crippen molar-refractivity contribution < 1.29 is 4.79 Å². The molecule has 0 bridgehead atoms. The van der Waals surface area contributed by atoms with E-state index in [0.29, 0.717) is 0 Å². The Labute approximate surface area is 99.9 Å². The second-order valence-electron chi connectivity index (χ2n) is 4.33. The summed E-state index contributed by atoms with van der Waals surface area (Å²) in [4.78, 5) is 14.0. The monoisotopic (exact) mass is 233 g/mol. The lowest BCUT2D eigenvalue weighted by Crippen LogP contribution is -2.06. The third-order valence-corrected chi connectivity index (χ3v) is 4.33. The highest BCUT2D eigenvalue weighted by Crippen LogP contribution is 2.30. The maximum absolute atomic E-state index is 11.9. The van der Waals surface area contributed by atoms with Crippen molar-refractivity contribution in [3.8, 4) is 6.07 Å². The molecule has 0 radical (unpaired) electrons. The van der Waals surface area contributed by atoms with Crippen molar-refractivity contribution in [3.05, 3.63) is 21.4 Å². The predicted molar refractivity (Wildman–Crippen MR) is 64.7 cm³/mol. The number of fused-ring (bicyclic) bond motifs is 1. The first kappa shape index (κ1) is 11.3. The van der Waals surface area contributed by atoms with Crippen molar-refractivity contribution in [2.75, 3.05) is 0 Å². The number of ketones is 1. The molecule has 0 amide bonds. The Kier molecular flexibility index (Phi) is 3.40. The second-order valence-corrected chi connectivity index (χ2v) is 5.47. The zero-order valence-corrected chi connectivity index (χ0v) is 10.3. The highest BCUT2D eigenvalue weighted by Gasteiger charge is 2.20. The molecule has 1 atom stereocenters. The van der Waals surface area contributed by atoms with Gasteiger partial charge >= 0.3 is 0 Å². The smallest absolute Gasteiger partial charge is 0.189 e. The first-order chi connectivity index (χ1) is 7.72. The standard InChI is InChI=1S/C13H15NOS/c1-9(8-14)13(15)12-7-10-5-3-2-4-6-11(10)16-12/h7,9H,2-6H2,1H3. The highest BCUT2D eigenvalue weighted by molar-refractivity contribution is 7.14. The molecule has 0 saturated carbocycles. The minimum atomic E-state index is -0.512. The number of Topliss-reactive ketones (excluding diaryl/α,β-unsaturated/α-hetero) is 1. The summed E-state index contributed by atoms with van der Waals surface area (Å²) < 4.78 is 0. The molecule has 3 heteroatoms. The first-order valence-corrected chi connectivity index (χ1v) is 6.59. The molecule has 1 aromatic rings. The van der Waals surface area contributed by atoms with E-state index in [1.165, 1.54) is 29.7 Å². The summed E-state index contributed by atoms with van der Waals surface area (Å²) in [7, 11) is 0. The van der Waals surface area contributed by atoms with E-state index < -0.39 is 5.92 Å². The third kappa shape index (κ3) is 2.17. The molecule has 1 aliphatic rings. The number of thiophene rings is 1. The average Bonchev–Trinajstić information content (AvgIpc) is 2.58. The largest absolute Gasteiger partial charge is 0.292 e. The van der Waals surface area contributed by atoms with Crippen LogP contribution in [0.25, 0.3) is 0 Å². The summed E-state index contributed by atoms with van der Waals surface area (Å²) in [5.74, 6) is -0.525. The van der Waals surface area contributed by atoms with E-state index >= 15 is 0 Å². The van der Waals surface area contributed by atoms with Gasteiger partial charge in [0.2, 0.25) is 0 Å². The lowest BCUT2D eigenvalue weighted by Gasteiger charge is -1.97. The number of hydrogen-bond donors (Lipinski definition) is 0. The molecule has 2 nitrogen and oxygen atoms in total. The molecule has 0 N–H and O–H groups in total. The lowest BCUT2D eigenvalue weighted by atomic mass is 10.1. The SMILES string of the molecule is CC(C#N)C(=O)c1cc2c(s1)CCCCC2. The molecule has 16 heavy (non-hydrogen) atoms. The molecular formula is C13H15NOS. The zero-order chi connectivity index (χ0) is 11.5. The van der Waals surface area contributed by atoms with E-state index in [4.69, 9.17) is 5.26 Å². The van der Waals surface area contributed by atoms with Crippen LogP contribution >= 0.6 is 11.3 Å². The van der Waals surface area contributed by atoms with Gasteiger partial charge in [-0.2, -0.15) is 5.26 Å². The fraction of sp³-hybridized carbons (Fsp3) is 0.538. The average molecular weight is 233 g/mol. The van der Waals surface area contributed by atoms with E-state index in [2.05, 4.69) is 0 Å². The summed E-state index contributed by atoms with van der Waals surface area (Å²) in [6.07, 6.45) is 5.95. The molecule has 0 fully saturated rings. The van der Waals surface area contributed by atoms with Crippen LogP contribution in [0.15, 0.2) is 6.07 Å². The van der Waals surface area contributed by atoms with Gasteiger partial charge in [-0.1, -0.05) is 6.42 Å². The Hall–Kier alpha value is -1.14. The summed E-state index contributed by atoms with van der Waals surface area (Å²) in [6.45, 7) is 1.67. The van der Waals surface area contributed by atoms with Gasteiger partial charge in [-0.15, -0.1) is 11.3 Å². The Morgan fingerprint density at radius 2 is 2.19 bits per heavy atom. The molecule has 1 heterocycles. The van der Waals surface area contributed by atoms with E-state index in [1.807, 2.05) is 12.1 Å². The van der Waals surface area contributed by atoms with Crippen molar-refractivity contribution in [3.63, 3.8) is 0 Å². The number of hydrogen-bond acceptors (Lipinski definition) is 3. The van der Waals surface area contributed by atoms with E-state index in [9.17, 15) is 4.79 Å². The number of nitriles is 1. The quantitative estimate of drug-likeness (QED) is 0.580. The summed E-state index contributed by atoms with van der Waals surface area (Å²) in [6, 6.07) is 4.03. The van der Waals surface area contributed by atoms with E-state index in [0.717, 1.165) is 17.7 Å². The predicted octanol–water partition coefficient (Wildman–Crippen LogP) is 3.36. The topological polar surface area (TPSA) is 40.9 Å². The van der Waals surface area contributed by atoms with Gasteiger partial charge in [0.1, 0.15) is 5.92 Å². The van der Waals surface area contributed by atoms with E-state index in [-0.39, 0.29) is 5.78 Å². The molecule has 84 valence electrons. The van der Waals surface area contributed by atoms with Crippen molar-refractivity contribution in [2.45, 2.75) is 39.0 Å². The normalized spacial score (nSPS) is 17.0. The fourth-order valence-corrected chi connectivity index (χ4v) is 3.34. The highest BCUT2D eigenvalue weighted by atomic mass is 32.1. The first-order valence-electron chi connectivity index (χ1n) is 5.78. The van der Waals surface area contributed by atoms with Gasteiger partial charge in [0, 0.05) is 4.88 Å². The molecular weight excluding hydrogens is 218 g/mol. The molecule has 1 unspecified atom stereocenters. The number of aryl methyl sites for hydroxylation is 2. The molecule has 1 aromatic heterocycles. The molecule has 0 spiro atoms. The van der Waals surface area contributed by atoms with Crippen LogP contribution in [0.1, 0.15) is 46.3 Å². The van der Waals surface area contributed by atoms with Crippen LogP contribution in [-0.4, -0.2) is 5.78 Å². The maximum Gasteiger partial charge on any atom is 0.189 e. The minimum Gasteiger partial charge on any atom is -0.292 e. The Balaban J connectivity index is 2.25. The summed E-state index contributed by atoms with van der Waals surface area (Å²) >= 11 is 1.60. The minimum absolute atomic E-state index is 0.0134. The molecule has 1 aliphatic carbocycles. The summed E-state index contributed by atoms with van der Waals surface area (Å²) in [5, 5.41) is 8.75. The Bertz CT molecular complexity index is 418. The van der Waals surface area contributed by atoms with Crippen LogP contribution in [0.2, 0.25) is 0 Å². The van der Waals surface area contributed by atoms with Gasteiger partial charge in [-0.25, -0.2) is 0 Å². The fourth-order valence-electron chi connectivity index (χ4n) is 2.06. The van der Waals surface area contributed by atoms with Gasteiger partial charge < -0.3 is 0 Å². The zero-order valence-electron chi connectivity index (χ0n) is 9.45. The number of nitrogens with zero attached hydrogens (tertiary/aromatic N) is 1. The number of rotatable bonds is 2. The van der Waals surface area contributed by atoms with Crippen molar-refractivity contribution in [2.24, 2.45) is 5.92 Å². The van der Waals surface area contributed by atoms with Gasteiger partial charge in [-0.3, -0.25) is 4.79 Å². The van der Waals surface area contributed by atoms with Gasteiger partial charge in [-0.05, 0) is 44.2 Å². The van der Waals surface area contributed by atoms with Crippen LogP contribution < -0.4 is 0 Å². The Morgan fingerprint density at radius 1 is 1.44 bits per heavy atom. The molecule has 0 saturated heterocycles. The second kappa shape index (κ2) is 4.80. The van der Waals surface area contributed by atoms with E-state index in [1.54, 1.807) is 18.3 Å². The van der Waals surface area contributed by atoms with Gasteiger partial charge in [0.25, 0.3) is 0 Å². The maximum atomic E-state index is 11.9. The van der Waals surface area contributed by atoms with Crippen molar-refractivity contribution >= 4 is 17.1 Å². The lowest BCUT2D eigenvalue weighted by molar-refractivity contribution is 0.0960. The van der Waals surface area contributed by atoms with Gasteiger partial charge in [0.15, 0.2) is 5.78 Å². The number of carbonyl (C=O) groups is 1. The van der Waals surface area contributed by atoms with Crippen LogP contribution in [-0.2, 0) is 12.8 Å².